The molecule has 1 atom stereocenters. The molecule has 1 fully saturated rings. The van der Waals surface area contributed by atoms with Gasteiger partial charge in [-0.05, 0) is 60.2 Å². The van der Waals surface area contributed by atoms with Crippen LogP contribution in [0.15, 0.2) is 0 Å². The lowest BCUT2D eigenvalue weighted by Crippen LogP contribution is -2.37. The second kappa shape index (κ2) is 6.35. The summed E-state index contributed by atoms with van der Waals surface area (Å²) in [6.07, 6.45) is 3.07. The molecule has 1 N–H and O–H groups in total. The minimum atomic E-state index is -2.75. The highest BCUT2D eigenvalue weighted by Gasteiger charge is 2.30. The van der Waals surface area contributed by atoms with E-state index in [4.69, 9.17) is 0 Å². The van der Waals surface area contributed by atoms with Crippen molar-refractivity contribution in [1.82, 2.24) is 10.2 Å². The van der Waals surface area contributed by atoms with Gasteiger partial charge in [-0.25, -0.2) is 8.42 Å². The lowest BCUT2D eigenvalue weighted by molar-refractivity contribution is 0.255. The van der Waals surface area contributed by atoms with E-state index < -0.39 is 9.84 Å². The molecule has 4 nitrogen and oxygen atoms in total. The van der Waals surface area contributed by atoms with Crippen molar-refractivity contribution >= 4 is 9.84 Å². The van der Waals surface area contributed by atoms with E-state index in [1.807, 2.05) is 7.05 Å². The molecule has 108 valence electrons. The summed E-state index contributed by atoms with van der Waals surface area (Å²) < 4.78 is 22.8. The standard InChI is InChI=1S/C13H28N2O2S/c1-13(2,3)14-8-5-6-9-15(4)12-7-10-18(16,17)11-12/h12,14H,5-11H2,1-4H3. The normalized spacial score (nSPS) is 23.7. The summed E-state index contributed by atoms with van der Waals surface area (Å²) in [7, 11) is -0.705. The number of sulfone groups is 1. The molecule has 1 saturated heterocycles. The molecule has 0 aromatic carbocycles. The fourth-order valence-corrected chi connectivity index (χ4v) is 4.06. The Morgan fingerprint density at radius 3 is 2.44 bits per heavy atom. The lowest BCUT2D eigenvalue weighted by atomic mass is 10.1. The predicted molar refractivity (Wildman–Crippen MR) is 76.7 cm³/mol. The van der Waals surface area contributed by atoms with E-state index in [-0.39, 0.29) is 11.6 Å². The highest BCUT2D eigenvalue weighted by atomic mass is 32.2. The quantitative estimate of drug-likeness (QED) is 0.742. The van der Waals surface area contributed by atoms with Crippen LogP contribution in [0.3, 0.4) is 0 Å². The molecule has 1 rings (SSSR count). The third kappa shape index (κ3) is 6.16. The number of nitrogens with one attached hydrogen (secondary N) is 1. The van der Waals surface area contributed by atoms with Crippen LogP contribution in [0.2, 0.25) is 0 Å². The first kappa shape index (κ1) is 15.9. The van der Waals surface area contributed by atoms with Gasteiger partial charge >= 0.3 is 0 Å². The van der Waals surface area contributed by atoms with Gasteiger partial charge in [0.25, 0.3) is 0 Å². The number of nitrogens with zero attached hydrogens (tertiary/aromatic N) is 1. The van der Waals surface area contributed by atoms with Crippen molar-refractivity contribution in [3.63, 3.8) is 0 Å². The average molecular weight is 276 g/mol. The van der Waals surface area contributed by atoms with Crippen LogP contribution in [-0.4, -0.2) is 56.5 Å². The molecule has 1 unspecified atom stereocenters. The maximum atomic E-state index is 11.4. The van der Waals surface area contributed by atoms with Crippen LogP contribution in [-0.2, 0) is 9.84 Å². The molecule has 0 bridgehead atoms. The maximum absolute atomic E-state index is 11.4. The van der Waals surface area contributed by atoms with Gasteiger partial charge in [-0.2, -0.15) is 0 Å². The Kier molecular flexibility index (Phi) is 5.62. The van der Waals surface area contributed by atoms with Gasteiger partial charge in [0.15, 0.2) is 9.84 Å². The summed E-state index contributed by atoms with van der Waals surface area (Å²) in [4.78, 5) is 2.21. The molecule has 1 aliphatic heterocycles. The lowest BCUT2D eigenvalue weighted by Gasteiger charge is -2.24. The molecule has 0 amide bonds. The first-order valence-electron chi connectivity index (χ1n) is 6.85. The molecule has 0 spiro atoms. The summed E-state index contributed by atoms with van der Waals surface area (Å²) in [5.74, 6) is 0.720. The molecule has 0 saturated carbocycles. The van der Waals surface area contributed by atoms with Crippen LogP contribution in [0.5, 0.6) is 0 Å². The largest absolute Gasteiger partial charge is 0.312 e. The Hall–Kier alpha value is -0.130. The zero-order valence-electron chi connectivity index (χ0n) is 12.2. The van der Waals surface area contributed by atoms with E-state index in [9.17, 15) is 8.42 Å². The highest BCUT2D eigenvalue weighted by Crippen LogP contribution is 2.16. The average Bonchev–Trinajstić information content (AvgIpc) is 2.56. The van der Waals surface area contributed by atoms with Gasteiger partial charge in [0, 0.05) is 11.6 Å². The minimum absolute atomic E-state index is 0.186. The molecular formula is C13H28N2O2S. The molecule has 18 heavy (non-hydrogen) atoms. The van der Waals surface area contributed by atoms with Crippen LogP contribution in [0.4, 0.5) is 0 Å². The predicted octanol–water partition coefficient (Wildman–Crippen LogP) is 1.27. The van der Waals surface area contributed by atoms with Crippen LogP contribution in [0.25, 0.3) is 0 Å². The van der Waals surface area contributed by atoms with Gasteiger partial charge in [-0.1, -0.05) is 0 Å². The first-order valence-corrected chi connectivity index (χ1v) is 8.67. The zero-order chi connectivity index (χ0) is 13.8. The molecule has 0 radical (unpaired) electrons. The van der Waals surface area contributed by atoms with Crippen LogP contribution in [0.1, 0.15) is 40.0 Å². The number of rotatable bonds is 6. The van der Waals surface area contributed by atoms with Gasteiger partial charge in [-0.15, -0.1) is 0 Å². The molecule has 0 aromatic heterocycles. The van der Waals surface area contributed by atoms with E-state index in [0.717, 1.165) is 32.4 Å². The van der Waals surface area contributed by atoms with Crippen LogP contribution < -0.4 is 5.32 Å². The maximum Gasteiger partial charge on any atom is 0.151 e. The Bertz CT molecular complexity index is 346. The van der Waals surface area contributed by atoms with Gasteiger partial charge in [0.1, 0.15) is 0 Å². The third-order valence-corrected chi connectivity index (χ3v) is 5.18. The number of hydrogen-bond donors (Lipinski definition) is 1. The Morgan fingerprint density at radius 1 is 1.28 bits per heavy atom. The molecule has 5 heteroatoms. The summed E-state index contributed by atoms with van der Waals surface area (Å²) >= 11 is 0. The van der Waals surface area contributed by atoms with E-state index in [1.165, 1.54) is 0 Å². The van der Waals surface area contributed by atoms with Gasteiger partial charge in [0.05, 0.1) is 11.5 Å². The SMILES string of the molecule is CN(CCCCNC(C)(C)C)C1CCS(=O)(=O)C1. The Labute approximate surface area is 112 Å². The van der Waals surface area contributed by atoms with Crippen molar-refractivity contribution in [2.24, 2.45) is 0 Å². The monoisotopic (exact) mass is 276 g/mol. The van der Waals surface area contributed by atoms with E-state index in [2.05, 4.69) is 31.0 Å². The van der Waals surface area contributed by atoms with Gasteiger partial charge in [-0.3, -0.25) is 0 Å². The van der Waals surface area contributed by atoms with E-state index in [0.29, 0.717) is 11.5 Å². The van der Waals surface area contributed by atoms with Crippen molar-refractivity contribution in [3.8, 4) is 0 Å². The minimum Gasteiger partial charge on any atom is -0.312 e. The van der Waals surface area contributed by atoms with Crippen molar-refractivity contribution < 1.29 is 8.42 Å². The van der Waals surface area contributed by atoms with Crippen molar-refractivity contribution in [2.75, 3.05) is 31.6 Å². The van der Waals surface area contributed by atoms with Crippen LogP contribution in [0, 0.1) is 0 Å². The number of hydrogen-bond acceptors (Lipinski definition) is 4. The second-order valence-electron chi connectivity index (χ2n) is 6.42. The second-order valence-corrected chi connectivity index (χ2v) is 8.65. The Morgan fingerprint density at radius 2 is 1.94 bits per heavy atom. The molecule has 1 aliphatic rings. The van der Waals surface area contributed by atoms with Crippen molar-refractivity contribution in [3.05, 3.63) is 0 Å². The van der Waals surface area contributed by atoms with E-state index >= 15 is 0 Å². The van der Waals surface area contributed by atoms with Gasteiger partial charge in [0.2, 0.25) is 0 Å². The van der Waals surface area contributed by atoms with Crippen molar-refractivity contribution in [2.45, 2.75) is 51.6 Å². The van der Waals surface area contributed by atoms with Gasteiger partial charge < -0.3 is 10.2 Å². The topological polar surface area (TPSA) is 49.4 Å². The fraction of sp³-hybridized carbons (Fsp3) is 1.00. The summed E-state index contributed by atoms with van der Waals surface area (Å²) in [5.41, 5.74) is 0.186. The molecule has 0 aromatic rings. The van der Waals surface area contributed by atoms with Crippen molar-refractivity contribution in [1.29, 1.82) is 0 Å². The smallest absolute Gasteiger partial charge is 0.151 e. The highest BCUT2D eigenvalue weighted by molar-refractivity contribution is 7.91. The fourth-order valence-electron chi connectivity index (χ4n) is 2.26. The molecular weight excluding hydrogens is 248 g/mol. The van der Waals surface area contributed by atoms with E-state index in [1.54, 1.807) is 0 Å². The van der Waals surface area contributed by atoms with Crippen LogP contribution >= 0.6 is 0 Å². The molecule has 0 aliphatic carbocycles. The summed E-state index contributed by atoms with van der Waals surface area (Å²) in [5, 5.41) is 3.46. The third-order valence-electron chi connectivity index (χ3n) is 3.42. The Balaban J connectivity index is 2.13. The summed E-state index contributed by atoms with van der Waals surface area (Å²) in [6, 6.07) is 0.241. The first-order chi connectivity index (χ1) is 8.20. The zero-order valence-corrected chi connectivity index (χ0v) is 13.0. The number of unbranched alkanes of at least 4 members (excludes halogenated alkanes) is 1. The molecule has 1 heterocycles. The summed E-state index contributed by atoms with van der Waals surface area (Å²) in [6.45, 7) is 8.53.